The average Bonchev–Trinajstić information content (AvgIpc) is 3.26. The summed E-state index contributed by atoms with van der Waals surface area (Å²) >= 11 is 0. The van der Waals surface area contributed by atoms with Crippen LogP contribution in [0, 0.1) is 0 Å². The molecule has 14 radical (unpaired) electrons. The molecule has 5 nitrogen and oxygen atoms in total. The number of H-pyrrole nitrogens is 1. The number of fused-ring (bicyclic) bond motifs is 2. The van der Waals surface area contributed by atoms with Gasteiger partial charge in [0.15, 0.2) is 0 Å². The van der Waals surface area contributed by atoms with E-state index in [4.69, 9.17) is 60.7 Å². The summed E-state index contributed by atoms with van der Waals surface area (Å²) in [6.07, 6.45) is 5.62. The van der Waals surface area contributed by atoms with Crippen molar-refractivity contribution < 1.29 is 0 Å². The van der Waals surface area contributed by atoms with Crippen molar-refractivity contribution in [1.29, 1.82) is 0 Å². The molecule has 2 aromatic heterocycles. The highest BCUT2D eigenvalue weighted by molar-refractivity contribution is 6.66. The highest BCUT2D eigenvalue weighted by Crippen LogP contribution is 2.41. The predicted molar refractivity (Wildman–Crippen MR) is 140 cm³/mol. The minimum Gasteiger partial charge on any atom is -0.342 e. The quantitative estimate of drug-likeness (QED) is 0.317. The van der Waals surface area contributed by atoms with Crippen molar-refractivity contribution in [3.8, 4) is 0 Å². The molecule has 12 heteroatoms. The lowest BCUT2D eigenvalue weighted by Crippen LogP contribution is -2.60. The second-order valence-electron chi connectivity index (χ2n) is 8.73. The molecule has 0 unspecified atom stereocenters. The molecule has 0 amide bonds. The number of nitrogens with zero attached hydrogens (tertiary/aromatic N) is 3. The normalized spacial score (nSPS) is 18.6. The van der Waals surface area contributed by atoms with Crippen LogP contribution in [0.15, 0.2) is 18.3 Å². The molecule has 150 valence electrons. The molecule has 0 saturated carbocycles. The maximum atomic E-state index is 7.06. The topological polar surface area (TPSA) is 70.8 Å². The number of aromatic nitrogens is 3. The monoisotopic (exact) mass is 419 g/mol. The van der Waals surface area contributed by atoms with Crippen molar-refractivity contribution in [3.63, 3.8) is 0 Å². The Morgan fingerprint density at radius 3 is 2.55 bits per heavy atom. The molecule has 0 spiro atoms. The second-order valence-corrected chi connectivity index (χ2v) is 8.73. The zero-order chi connectivity index (χ0) is 24.0. The van der Waals surface area contributed by atoms with E-state index in [1.165, 1.54) is 0 Å². The van der Waals surface area contributed by atoms with E-state index in [-0.39, 0.29) is 27.7 Å². The van der Waals surface area contributed by atoms with Crippen molar-refractivity contribution in [2.24, 2.45) is 5.73 Å². The lowest BCUT2D eigenvalue weighted by molar-refractivity contribution is 0.0923. The van der Waals surface area contributed by atoms with Crippen molar-refractivity contribution in [1.82, 2.24) is 19.9 Å². The van der Waals surface area contributed by atoms with Crippen molar-refractivity contribution in [2.75, 3.05) is 13.1 Å². The van der Waals surface area contributed by atoms with E-state index in [0.29, 0.717) is 30.5 Å². The molecular formula is C21H20B7N5. The molecule has 4 rings (SSSR count). The van der Waals surface area contributed by atoms with Crippen LogP contribution in [0.25, 0.3) is 11.0 Å². The lowest BCUT2D eigenvalue weighted by atomic mass is 9.54. The number of hydrogen-bond acceptors (Lipinski definition) is 4. The van der Waals surface area contributed by atoms with E-state index in [2.05, 4.69) is 15.0 Å². The highest BCUT2D eigenvalue weighted by atomic mass is 15.3. The van der Waals surface area contributed by atoms with Gasteiger partial charge in [-0.25, -0.2) is 4.98 Å². The Bertz CT molecular complexity index is 1140. The van der Waals surface area contributed by atoms with E-state index in [0.717, 1.165) is 36.9 Å². The number of nitrogens with two attached hydrogens (primary N) is 1. The van der Waals surface area contributed by atoms with Gasteiger partial charge in [-0.1, -0.05) is 17.0 Å². The van der Waals surface area contributed by atoms with Gasteiger partial charge in [0, 0.05) is 17.0 Å². The highest BCUT2D eigenvalue weighted by Gasteiger charge is 2.45. The smallest absolute Gasteiger partial charge is 0.116 e. The molecule has 1 aromatic carbocycles. The third-order valence-corrected chi connectivity index (χ3v) is 6.55. The Hall–Kier alpha value is -1.79. The Kier molecular flexibility index (Phi) is 6.72. The molecule has 2 heterocycles. The Balaban J connectivity index is 1.86. The van der Waals surface area contributed by atoms with Crippen LogP contribution in [-0.4, -0.2) is 87.9 Å². The largest absolute Gasteiger partial charge is 0.342 e. The van der Waals surface area contributed by atoms with Gasteiger partial charge in [-0.3, -0.25) is 4.98 Å². The van der Waals surface area contributed by atoms with Crippen molar-refractivity contribution >= 4 is 87.8 Å². The van der Waals surface area contributed by atoms with Gasteiger partial charge in [0.25, 0.3) is 0 Å². The average molecular weight is 418 g/mol. The van der Waals surface area contributed by atoms with Gasteiger partial charge in [0.2, 0.25) is 0 Å². The summed E-state index contributed by atoms with van der Waals surface area (Å²) in [5.41, 5.74) is 8.11. The summed E-state index contributed by atoms with van der Waals surface area (Å²) in [7, 11) is 45.0. The van der Waals surface area contributed by atoms with Crippen LogP contribution < -0.4 is 27.6 Å². The van der Waals surface area contributed by atoms with E-state index < -0.39 is 10.8 Å². The third-order valence-electron chi connectivity index (χ3n) is 6.55. The van der Waals surface area contributed by atoms with Crippen LogP contribution in [0.4, 0.5) is 0 Å². The molecule has 1 aliphatic carbocycles. The first-order chi connectivity index (χ1) is 15.6. The molecule has 1 aliphatic rings. The number of rotatable bonds is 7. The van der Waals surface area contributed by atoms with Crippen molar-refractivity contribution in [3.05, 3.63) is 35.4 Å². The van der Waals surface area contributed by atoms with Crippen LogP contribution in [0.1, 0.15) is 42.8 Å². The van der Waals surface area contributed by atoms with Crippen LogP contribution >= 0.6 is 0 Å². The Morgan fingerprint density at radius 1 is 1.09 bits per heavy atom. The molecule has 1 atom stereocenters. The van der Waals surface area contributed by atoms with Crippen LogP contribution in [0.2, 0.25) is 0 Å². The van der Waals surface area contributed by atoms with Gasteiger partial charge in [-0.05, 0) is 56.8 Å². The van der Waals surface area contributed by atoms with Crippen LogP contribution in [-0.2, 0) is 17.2 Å². The molecule has 3 N–H and O–H groups in total. The van der Waals surface area contributed by atoms with Gasteiger partial charge in [0.05, 0.1) is 32.4 Å². The first kappa shape index (κ1) is 24.3. The fourth-order valence-electron chi connectivity index (χ4n) is 4.72. The summed E-state index contributed by atoms with van der Waals surface area (Å²) in [6.45, 7) is 1.02. The minimum absolute atomic E-state index is 0.165. The number of pyridine rings is 1. The van der Waals surface area contributed by atoms with E-state index in [1.807, 2.05) is 17.0 Å². The van der Waals surface area contributed by atoms with E-state index >= 15 is 0 Å². The molecule has 0 aliphatic heterocycles. The van der Waals surface area contributed by atoms with Crippen LogP contribution in [0.3, 0.4) is 0 Å². The molecule has 3 aromatic rings. The lowest BCUT2D eigenvalue weighted by Gasteiger charge is -2.53. The SMILES string of the molecule is [B]c1c([B])c([B])c2[nH]c(C([B])([B])N(CCCCN)[C@@]3([B])CCCc4cccnc43)nc2c1[B]. The van der Waals surface area contributed by atoms with Gasteiger partial charge >= 0.3 is 0 Å². The molecule has 33 heavy (non-hydrogen) atoms. The van der Waals surface area contributed by atoms with Gasteiger partial charge in [-0.15, -0.1) is 10.9 Å². The Labute approximate surface area is 204 Å². The zero-order valence-corrected chi connectivity index (χ0v) is 18.6. The maximum absolute atomic E-state index is 7.06. The Morgan fingerprint density at radius 2 is 1.82 bits per heavy atom. The number of unbranched alkanes of at least 4 members (excludes halogenated alkanes) is 1. The first-order valence-electron chi connectivity index (χ1n) is 11.0. The molecule has 0 saturated heterocycles. The van der Waals surface area contributed by atoms with Crippen LogP contribution in [0.5, 0.6) is 0 Å². The number of aromatic amines is 1. The number of benzene rings is 1. The molecule has 0 fully saturated rings. The summed E-state index contributed by atoms with van der Waals surface area (Å²) in [5.74, 6) is 0.238. The van der Waals surface area contributed by atoms with E-state index in [1.54, 1.807) is 6.20 Å². The summed E-state index contributed by atoms with van der Waals surface area (Å²) in [4.78, 5) is 14.2. The first-order valence-corrected chi connectivity index (χ1v) is 11.0. The fraction of sp³-hybridized carbons (Fsp3) is 0.429. The zero-order valence-electron chi connectivity index (χ0n) is 18.6. The number of aryl methyl sites for hydroxylation is 1. The van der Waals surface area contributed by atoms with E-state index in [9.17, 15) is 0 Å². The summed E-state index contributed by atoms with van der Waals surface area (Å²) in [5, 5.41) is -1.61. The number of hydrogen-bond donors (Lipinski definition) is 2. The summed E-state index contributed by atoms with van der Waals surface area (Å²) < 4.78 is 0. The maximum Gasteiger partial charge on any atom is 0.116 e. The summed E-state index contributed by atoms with van der Waals surface area (Å²) in [6, 6.07) is 3.94. The van der Waals surface area contributed by atoms with Gasteiger partial charge < -0.3 is 15.6 Å². The number of imidazole rings is 1. The van der Waals surface area contributed by atoms with Gasteiger partial charge in [0.1, 0.15) is 45.1 Å². The second kappa shape index (κ2) is 9.11. The fourth-order valence-corrected chi connectivity index (χ4v) is 4.72. The minimum atomic E-state index is -1.61. The standard InChI is InChI=1S/C21H20B7N5/c22-12-13(23)15(25)17-16(14(12)24)31-19(32-17)21(27,28)33(10-2-1-8-29)20(26)7-3-5-11-6-4-9-30-18(11)20/h4,6,9H,1-3,5,7-8,10,29H2,(H,31,32)/t20-/m0/s1. The van der Waals surface area contributed by atoms with Gasteiger partial charge in [-0.2, -0.15) is 0 Å². The molecular weight excluding hydrogens is 398 g/mol. The predicted octanol–water partition coefficient (Wildman–Crippen LogP) is -3.02. The molecule has 0 bridgehead atoms. The number of nitrogens with one attached hydrogen (secondary N) is 1. The van der Waals surface area contributed by atoms with Crippen molar-refractivity contribution in [2.45, 2.75) is 42.9 Å². The third kappa shape index (κ3) is 4.03.